The van der Waals surface area contributed by atoms with Gasteiger partial charge in [-0.3, -0.25) is 14.3 Å². The van der Waals surface area contributed by atoms with Crippen molar-refractivity contribution in [2.75, 3.05) is 13.7 Å². The largest absolute Gasteiger partial charge is 0.394 e. The molecule has 1 saturated heterocycles. The smallest absolute Gasteiger partial charge is 0.330 e. The third-order valence-electron chi connectivity index (χ3n) is 2.89. The van der Waals surface area contributed by atoms with E-state index in [2.05, 4.69) is 4.98 Å². The second-order valence-electron chi connectivity index (χ2n) is 3.96. The molecule has 1 aliphatic rings. The summed E-state index contributed by atoms with van der Waals surface area (Å²) in [4.78, 5) is 24.6. The van der Waals surface area contributed by atoms with Crippen LogP contribution in [0.5, 0.6) is 0 Å². The molecule has 1 aliphatic heterocycles. The number of H-pyrrole nitrogens is 1. The molecular weight excluding hydrogens is 244 g/mol. The van der Waals surface area contributed by atoms with Gasteiger partial charge in [-0.15, -0.1) is 0 Å². The molecule has 0 saturated carbocycles. The third-order valence-corrected chi connectivity index (χ3v) is 2.89. The van der Waals surface area contributed by atoms with Crippen LogP contribution in [0.1, 0.15) is 6.23 Å². The molecule has 1 unspecified atom stereocenters. The SMILES string of the molecule is CO[C@H]1[C@@H](CO)OC(n2ccc(=O)[nH]c2=O)[C@@H]1O. The average Bonchev–Trinajstić information content (AvgIpc) is 2.66. The van der Waals surface area contributed by atoms with E-state index in [9.17, 15) is 14.7 Å². The molecule has 0 radical (unpaired) electrons. The van der Waals surface area contributed by atoms with Crippen molar-refractivity contribution in [3.63, 3.8) is 0 Å². The van der Waals surface area contributed by atoms with Gasteiger partial charge in [-0.25, -0.2) is 4.79 Å². The van der Waals surface area contributed by atoms with Crippen molar-refractivity contribution in [2.45, 2.75) is 24.5 Å². The van der Waals surface area contributed by atoms with Crippen LogP contribution in [0.25, 0.3) is 0 Å². The lowest BCUT2D eigenvalue weighted by atomic mass is 10.1. The first-order chi connectivity index (χ1) is 8.58. The van der Waals surface area contributed by atoms with Crippen LogP contribution in [0.4, 0.5) is 0 Å². The lowest BCUT2D eigenvalue weighted by Crippen LogP contribution is -2.38. The van der Waals surface area contributed by atoms with E-state index in [0.717, 1.165) is 10.6 Å². The van der Waals surface area contributed by atoms with Gasteiger partial charge < -0.3 is 19.7 Å². The highest BCUT2D eigenvalue weighted by molar-refractivity contribution is 4.93. The highest BCUT2D eigenvalue weighted by Crippen LogP contribution is 2.29. The van der Waals surface area contributed by atoms with Crippen molar-refractivity contribution in [3.05, 3.63) is 33.1 Å². The molecule has 8 heteroatoms. The molecule has 100 valence electrons. The Labute approximate surface area is 101 Å². The van der Waals surface area contributed by atoms with Crippen LogP contribution in [0.15, 0.2) is 21.9 Å². The molecule has 0 amide bonds. The molecule has 1 fully saturated rings. The Balaban J connectivity index is 2.34. The topological polar surface area (TPSA) is 114 Å². The Hall–Kier alpha value is -1.48. The summed E-state index contributed by atoms with van der Waals surface area (Å²) in [6, 6.07) is 1.14. The van der Waals surface area contributed by atoms with Gasteiger partial charge in [-0.2, -0.15) is 0 Å². The summed E-state index contributed by atoms with van der Waals surface area (Å²) in [5, 5.41) is 19.1. The molecule has 4 atom stereocenters. The van der Waals surface area contributed by atoms with Gasteiger partial charge in [-0.05, 0) is 0 Å². The lowest BCUT2D eigenvalue weighted by Gasteiger charge is -2.17. The van der Waals surface area contributed by atoms with Gasteiger partial charge in [0.15, 0.2) is 6.23 Å². The number of hydrogen-bond acceptors (Lipinski definition) is 6. The van der Waals surface area contributed by atoms with Crippen molar-refractivity contribution < 1.29 is 19.7 Å². The molecule has 0 spiro atoms. The summed E-state index contributed by atoms with van der Waals surface area (Å²) in [5.41, 5.74) is -1.23. The van der Waals surface area contributed by atoms with E-state index in [1.165, 1.54) is 13.3 Å². The number of methoxy groups -OCH3 is 1. The zero-order chi connectivity index (χ0) is 13.3. The molecule has 8 nitrogen and oxygen atoms in total. The van der Waals surface area contributed by atoms with Crippen LogP contribution in [-0.2, 0) is 9.47 Å². The molecule has 2 heterocycles. The van der Waals surface area contributed by atoms with E-state index in [4.69, 9.17) is 14.6 Å². The summed E-state index contributed by atoms with van der Waals surface area (Å²) in [6.45, 7) is -0.343. The molecule has 18 heavy (non-hydrogen) atoms. The van der Waals surface area contributed by atoms with Crippen LogP contribution in [0, 0.1) is 0 Å². The van der Waals surface area contributed by atoms with Crippen molar-refractivity contribution in [1.82, 2.24) is 9.55 Å². The first-order valence-electron chi connectivity index (χ1n) is 5.37. The Morgan fingerprint density at radius 2 is 2.28 bits per heavy atom. The van der Waals surface area contributed by atoms with Crippen molar-refractivity contribution in [2.24, 2.45) is 0 Å². The minimum Gasteiger partial charge on any atom is -0.394 e. The maximum atomic E-state index is 11.6. The van der Waals surface area contributed by atoms with Gasteiger partial charge in [-0.1, -0.05) is 0 Å². The lowest BCUT2D eigenvalue weighted by molar-refractivity contribution is -0.0569. The number of nitrogens with zero attached hydrogens (tertiary/aromatic N) is 1. The number of aromatic amines is 1. The minimum absolute atomic E-state index is 0.343. The predicted octanol–water partition coefficient (Wildman–Crippen LogP) is -2.20. The normalized spacial score (nSPS) is 31.7. The van der Waals surface area contributed by atoms with Gasteiger partial charge >= 0.3 is 5.69 Å². The second kappa shape index (κ2) is 5.02. The van der Waals surface area contributed by atoms with E-state index in [1.54, 1.807) is 0 Å². The van der Waals surface area contributed by atoms with Crippen LogP contribution in [-0.4, -0.2) is 51.8 Å². The van der Waals surface area contributed by atoms with Crippen LogP contribution in [0.3, 0.4) is 0 Å². The molecule has 0 bridgehead atoms. The van der Waals surface area contributed by atoms with E-state index in [1.807, 2.05) is 0 Å². The van der Waals surface area contributed by atoms with Crippen LogP contribution >= 0.6 is 0 Å². The van der Waals surface area contributed by atoms with Gasteiger partial charge in [0.2, 0.25) is 0 Å². The average molecular weight is 258 g/mol. The highest BCUT2D eigenvalue weighted by atomic mass is 16.6. The molecule has 0 aromatic carbocycles. The molecule has 1 aromatic rings. The van der Waals surface area contributed by atoms with Crippen molar-refractivity contribution in [1.29, 1.82) is 0 Å². The van der Waals surface area contributed by atoms with Crippen molar-refractivity contribution in [3.8, 4) is 0 Å². The second-order valence-corrected chi connectivity index (χ2v) is 3.96. The Kier molecular flexibility index (Phi) is 3.62. The van der Waals surface area contributed by atoms with Gasteiger partial charge in [0.25, 0.3) is 5.56 Å². The van der Waals surface area contributed by atoms with E-state index < -0.39 is 35.8 Å². The monoisotopic (exact) mass is 258 g/mol. The summed E-state index contributed by atoms with van der Waals surface area (Å²) in [7, 11) is 1.37. The fraction of sp³-hybridized carbons (Fsp3) is 0.600. The number of aliphatic hydroxyl groups excluding tert-OH is 2. The van der Waals surface area contributed by atoms with Gasteiger partial charge in [0, 0.05) is 19.4 Å². The molecule has 3 N–H and O–H groups in total. The van der Waals surface area contributed by atoms with Crippen LogP contribution < -0.4 is 11.2 Å². The first-order valence-corrected chi connectivity index (χ1v) is 5.37. The minimum atomic E-state index is -1.12. The third kappa shape index (κ3) is 2.10. The quantitative estimate of drug-likeness (QED) is 0.567. The van der Waals surface area contributed by atoms with E-state index in [-0.39, 0.29) is 6.61 Å². The first kappa shape index (κ1) is 13.0. The van der Waals surface area contributed by atoms with Crippen molar-refractivity contribution >= 4 is 0 Å². The Morgan fingerprint density at radius 3 is 2.78 bits per heavy atom. The molecule has 1 aromatic heterocycles. The number of hydrogen-bond donors (Lipinski definition) is 3. The number of nitrogens with one attached hydrogen (secondary N) is 1. The summed E-state index contributed by atoms with van der Waals surface area (Å²) >= 11 is 0. The van der Waals surface area contributed by atoms with Crippen LogP contribution in [0.2, 0.25) is 0 Å². The number of ether oxygens (including phenoxy) is 2. The van der Waals surface area contributed by atoms with Gasteiger partial charge in [0.05, 0.1) is 6.61 Å². The van der Waals surface area contributed by atoms with Gasteiger partial charge in [0.1, 0.15) is 18.3 Å². The zero-order valence-electron chi connectivity index (χ0n) is 9.65. The molecule has 0 aliphatic carbocycles. The molecule has 2 rings (SSSR count). The number of aromatic nitrogens is 2. The standard InChI is InChI=1S/C10H14N2O6/c1-17-8-5(4-13)18-9(7(8)15)12-3-2-6(14)11-10(12)16/h2-3,5,7-9,13,15H,4H2,1H3,(H,11,14,16)/t5-,7-,8+,9?/m1/s1. The summed E-state index contributed by atoms with van der Waals surface area (Å²) < 4.78 is 11.4. The maximum Gasteiger partial charge on any atom is 0.330 e. The Morgan fingerprint density at radius 1 is 1.56 bits per heavy atom. The van der Waals surface area contributed by atoms with E-state index in [0.29, 0.717) is 0 Å². The molecular formula is C10H14N2O6. The Bertz CT molecular complexity index is 524. The number of rotatable bonds is 3. The fourth-order valence-electron chi connectivity index (χ4n) is 2.02. The van der Waals surface area contributed by atoms with E-state index >= 15 is 0 Å². The fourth-order valence-corrected chi connectivity index (χ4v) is 2.02. The number of aliphatic hydroxyl groups is 2. The predicted molar refractivity (Wildman–Crippen MR) is 59.1 cm³/mol. The summed E-state index contributed by atoms with van der Waals surface area (Å²) in [5.74, 6) is 0. The summed E-state index contributed by atoms with van der Waals surface area (Å²) in [6.07, 6.45) is -2.36. The zero-order valence-corrected chi connectivity index (χ0v) is 9.65. The maximum absolute atomic E-state index is 11.6. The highest BCUT2D eigenvalue weighted by Gasteiger charge is 2.44.